The van der Waals surface area contributed by atoms with Gasteiger partial charge < -0.3 is 15.1 Å². The van der Waals surface area contributed by atoms with Crippen molar-refractivity contribution in [2.75, 3.05) is 16.8 Å². The molecule has 0 atom stereocenters. The normalized spacial score (nSPS) is 17.2. The van der Waals surface area contributed by atoms with E-state index in [0.29, 0.717) is 25.3 Å². The molecule has 0 bridgehead atoms. The Morgan fingerprint density at radius 3 is 2.48 bits per heavy atom. The third-order valence-electron chi connectivity index (χ3n) is 5.80. The molecule has 12 heteroatoms. The summed E-state index contributed by atoms with van der Waals surface area (Å²) >= 11 is 5.46. The minimum atomic E-state index is -4.86. The van der Waals surface area contributed by atoms with Gasteiger partial charge in [0.15, 0.2) is 5.11 Å². The molecule has 2 aromatic rings. The Morgan fingerprint density at radius 1 is 1.27 bits per heavy atom. The number of anilines is 2. The average Bonchev–Trinajstić information content (AvgIpc) is 2.98. The lowest BCUT2D eigenvalue weighted by Gasteiger charge is -2.43. The number of pyridine rings is 1. The summed E-state index contributed by atoms with van der Waals surface area (Å²) in [7, 11) is 1.35. The van der Waals surface area contributed by atoms with Gasteiger partial charge in [0.05, 0.1) is 16.8 Å². The topological polar surface area (TPSA) is 69.9 Å². The van der Waals surface area contributed by atoms with E-state index >= 15 is 0 Å². The molecule has 0 unspecified atom stereocenters. The number of rotatable bonds is 3. The number of amides is 2. The van der Waals surface area contributed by atoms with E-state index in [-0.39, 0.29) is 22.1 Å². The summed E-state index contributed by atoms with van der Waals surface area (Å²) in [4.78, 5) is 33.9. The summed E-state index contributed by atoms with van der Waals surface area (Å²) in [5.74, 6) is -2.87. The standard InChI is InChI=1S/C21H15F4N5O2S/c1-26-16-14(21(23,24)25)8-12(10-28-16)29-18(32)20(6-3-7-20)30(19(29)33)11-4-5-13(15(22)9-11)17(31)27-2/h4-5,8-10H,3,6-7H2,2H3,(H,27,31). The van der Waals surface area contributed by atoms with Gasteiger partial charge in [-0.2, -0.15) is 13.2 Å². The molecule has 1 saturated carbocycles. The van der Waals surface area contributed by atoms with Gasteiger partial charge in [-0.25, -0.2) is 4.39 Å². The van der Waals surface area contributed by atoms with Crippen LogP contribution in [0.15, 0.2) is 30.5 Å². The number of hydrogen-bond acceptors (Lipinski definition) is 4. The van der Waals surface area contributed by atoms with E-state index in [9.17, 15) is 27.2 Å². The first-order valence-corrected chi connectivity index (χ1v) is 10.1. The Hall–Kier alpha value is -3.59. The highest BCUT2D eigenvalue weighted by Gasteiger charge is 2.60. The van der Waals surface area contributed by atoms with E-state index in [4.69, 9.17) is 18.8 Å². The van der Waals surface area contributed by atoms with Gasteiger partial charge in [0.1, 0.15) is 17.6 Å². The highest BCUT2D eigenvalue weighted by Crippen LogP contribution is 2.48. The van der Waals surface area contributed by atoms with Crippen molar-refractivity contribution in [1.82, 2.24) is 10.3 Å². The molecule has 33 heavy (non-hydrogen) atoms. The first-order valence-electron chi connectivity index (χ1n) is 9.70. The third kappa shape index (κ3) is 3.39. The molecule has 2 fully saturated rings. The molecule has 1 aliphatic carbocycles. The molecule has 170 valence electrons. The van der Waals surface area contributed by atoms with E-state index in [1.807, 2.05) is 0 Å². The van der Waals surface area contributed by atoms with Gasteiger partial charge in [-0.05, 0) is 55.7 Å². The number of hydrogen-bond donors (Lipinski definition) is 1. The smallest absolute Gasteiger partial charge is 0.360 e. The van der Waals surface area contributed by atoms with Crippen LogP contribution >= 0.6 is 12.2 Å². The van der Waals surface area contributed by atoms with Gasteiger partial charge in [-0.3, -0.25) is 14.5 Å². The van der Waals surface area contributed by atoms with Gasteiger partial charge in [-0.15, -0.1) is 4.98 Å². The Morgan fingerprint density at radius 2 is 1.97 bits per heavy atom. The van der Waals surface area contributed by atoms with Crippen molar-refractivity contribution in [3.63, 3.8) is 0 Å². The van der Waals surface area contributed by atoms with Crippen LogP contribution in [-0.2, 0) is 11.0 Å². The van der Waals surface area contributed by atoms with Crippen LogP contribution in [0.3, 0.4) is 0 Å². The molecule has 2 aliphatic rings. The molecule has 1 N–H and O–H groups in total. The number of carbonyl (C=O) groups is 2. The molecule has 4 rings (SSSR count). The second kappa shape index (κ2) is 7.77. The van der Waals surface area contributed by atoms with Crippen molar-refractivity contribution in [2.45, 2.75) is 31.0 Å². The van der Waals surface area contributed by atoms with Crippen LogP contribution in [-0.4, -0.2) is 34.5 Å². The van der Waals surface area contributed by atoms with Crippen molar-refractivity contribution >= 4 is 46.3 Å². The predicted molar refractivity (Wildman–Crippen MR) is 114 cm³/mol. The molecule has 0 radical (unpaired) electrons. The zero-order chi connectivity index (χ0) is 24.1. The summed E-state index contributed by atoms with van der Waals surface area (Å²) in [6.45, 7) is 6.94. The summed E-state index contributed by atoms with van der Waals surface area (Å²) < 4.78 is 55.0. The first-order chi connectivity index (χ1) is 15.5. The first kappa shape index (κ1) is 22.6. The maximum Gasteiger partial charge on any atom is 0.409 e. The third-order valence-corrected chi connectivity index (χ3v) is 6.16. The van der Waals surface area contributed by atoms with E-state index in [1.165, 1.54) is 24.1 Å². The van der Waals surface area contributed by atoms with Crippen LogP contribution in [0.5, 0.6) is 0 Å². The summed E-state index contributed by atoms with van der Waals surface area (Å²) in [6, 6.07) is 4.41. The largest absolute Gasteiger partial charge is 0.409 e. The van der Waals surface area contributed by atoms with Crippen LogP contribution in [0.4, 0.5) is 34.8 Å². The minimum absolute atomic E-state index is 0.141. The number of thiocarbonyl (C=S) groups is 1. The zero-order valence-corrected chi connectivity index (χ0v) is 17.9. The van der Waals surface area contributed by atoms with Crippen LogP contribution in [0.2, 0.25) is 0 Å². The number of nitrogens with zero attached hydrogens (tertiary/aromatic N) is 4. The molecule has 1 aromatic heterocycles. The van der Waals surface area contributed by atoms with Crippen molar-refractivity contribution in [2.24, 2.45) is 0 Å². The van der Waals surface area contributed by atoms with Crippen LogP contribution in [0.1, 0.15) is 35.2 Å². The Labute approximate surface area is 190 Å². The van der Waals surface area contributed by atoms with Gasteiger partial charge in [-0.1, -0.05) is 6.57 Å². The lowest BCUT2D eigenvalue weighted by atomic mass is 9.75. The molecular weight excluding hydrogens is 462 g/mol. The van der Waals surface area contributed by atoms with Crippen LogP contribution in [0.25, 0.3) is 4.85 Å². The fourth-order valence-corrected chi connectivity index (χ4v) is 4.51. The predicted octanol–water partition coefficient (Wildman–Crippen LogP) is 4.21. The summed E-state index contributed by atoms with van der Waals surface area (Å²) in [5, 5.41) is 2.18. The number of nitrogens with one attached hydrogen (secondary N) is 1. The minimum Gasteiger partial charge on any atom is -0.360 e. The van der Waals surface area contributed by atoms with Gasteiger partial charge in [0, 0.05) is 12.7 Å². The highest BCUT2D eigenvalue weighted by atomic mass is 32.1. The Bertz CT molecular complexity index is 1240. The van der Waals surface area contributed by atoms with E-state index in [1.54, 1.807) is 0 Å². The number of halogens is 4. The molecule has 1 aromatic carbocycles. The number of benzene rings is 1. The molecule has 2 heterocycles. The maximum absolute atomic E-state index is 14.6. The van der Waals surface area contributed by atoms with E-state index in [2.05, 4.69) is 15.1 Å². The molecule has 1 saturated heterocycles. The van der Waals surface area contributed by atoms with Gasteiger partial charge >= 0.3 is 6.18 Å². The average molecular weight is 477 g/mol. The van der Waals surface area contributed by atoms with E-state index in [0.717, 1.165) is 17.2 Å². The second-order valence-corrected chi connectivity index (χ2v) is 7.93. The van der Waals surface area contributed by atoms with E-state index < -0.39 is 40.7 Å². The molecule has 1 spiro atoms. The number of aromatic nitrogens is 1. The van der Waals surface area contributed by atoms with Crippen LogP contribution < -0.4 is 15.1 Å². The fourth-order valence-electron chi connectivity index (χ4n) is 4.04. The Balaban J connectivity index is 1.80. The molecule has 2 amide bonds. The highest BCUT2D eigenvalue weighted by molar-refractivity contribution is 7.81. The quantitative estimate of drug-likeness (QED) is 0.408. The summed E-state index contributed by atoms with van der Waals surface area (Å²) in [5.41, 5.74) is -2.70. The lowest BCUT2D eigenvalue weighted by Crippen LogP contribution is -2.55. The van der Waals surface area contributed by atoms with Gasteiger partial charge in [0.2, 0.25) is 0 Å². The SMILES string of the molecule is [C-]#[N+]c1ncc(N2C(=O)C3(CCC3)N(c3ccc(C(=O)NC)c(F)c3)C2=S)cc1C(F)(F)F. The maximum atomic E-state index is 14.6. The number of carbonyl (C=O) groups excluding carboxylic acids is 2. The fraction of sp³-hybridized carbons (Fsp3) is 0.286. The number of alkyl halides is 3. The molecule has 7 nitrogen and oxygen atoms in total. The van der Waals surface area contributed by atoms with Crippen LogP contribution in [0, 0.1) is 12.4 Å². The van der Waals surface area contributed by atoms with Crippen molar-refractivity contribution < 1.29 is 27.2 Å². The molecule has 1 aliphatic heterocycles. The van der Waals surface area contributed by atoms with Crippen molar-refractivity contribution in [3.05, 3.63) is 58.8 Å². The Kier molecular flexibility index (Phi) is 5.32. The lowest BCUT2D eigenvalue weighted by molar-refractivity contribution is -0.137. The van der Waals surface area contributed by atoms with Gasteiger partial charge in [0.25, 0.3) is 17.6 Å². The summed E-state index contributed by atoms with van der Waals surface area (Å²) in [6.07, 6.45) is -2.49. The molecular formula is C21H15F4N5O2S. The van der Waals surface area contributed by atoms with Crippen molar-refractivity contribution in [3.8, 4) is 0 Å². The zero-order valence-electron chi connectivity index (χ0n) is 17.0. The van der Waals surface area contributed by atoms with Crippen molar-refractivity contribution in [1.29, 1.82) is 0 Å². The second-order valence-electron chi connectivity index (χ2n) is 7.56. The monoisotopic (exact) mass is 477 g/mol.